The van der Waals surface area contributed by atoms with Crippen molar-refractivity contribution in [2.24, 2.45) is 5.92 Å². The van der Waals surface area contributed by atoms with E-state index in [4.69, 9.17) is 15.3 Å². The van der Waals surface area contributed by atoms with Crippen LogP contribution in [0.25, 0.3) is 0 Å². The zero-order chi connectivity index (χ0) is 18.4. The normalized spacial score (nSPS) is 20.3. The van der Waals surface area contributed by atoms with Crippen molar-refractivity contribution in [2.75, 3.05) is 43.4 Å². The lowest BCUT2D eigenvalue weighted by molar-refractivity contribution is -0.197. The molecular formula is C20H31N3O3. The Labute approximate surface area is 156 Å². The van der Waals surface area contributed by atoms with Gasteiger partial charge in [-0.3, -0.25) is 4.79 Å². The van der Waals surface area contributed by atoms with Crippen LogP contribution in [0.3, 0.4) is 0 Å². The van der Waals surface area contributed by atoms with Crippen LogP contribution >= 0.6 is 0 Å². The van der Waals surface area contributed by atoms with Crippen molar-refractivity contribution in [3.8, 4) is 0 Å². The topological polar surface area (TPSA) is 68.0 Å². The van der Waals surface area contributed by atoms with Gasteiger partial charge < -0.3 is 20.2 Å². The molecule has 0 spiro atoms. The maximum absolute atomic E-state index is 11.0. The number of nitrogens with zero attached hydrogens (tertiary/aromatic N) is 2. The van der Waals surface area contributed by atoms with E-state index >= 15 is 0 Å². The zero-order valence-corrected chi connectivity index (χ0v) is 15.7. The minimum Gasteiger partial charge on any atom is -0.399 e. The van der Waals surface area contributed by atoms with Crippen molar-refractivity contribution in [1.29, 1.82) is 0 Å². The maximum Gasteiger partial charge on any atom is 0.322 e. The summed E-state index contributed by atoms with van der Waals surface area (Å²) >= 11 is 0. The number of carbonyl (C=O) groups is 1. The first-order valence-electron chi connectivity index (χ1n) is 9.76. The van der Waals surface area contributed by atoms with Gasteiger partial charge in [0.15, 0.2) is 0 Å². The van der Waals surface area contributed by atoms with E-state index in [-0.39, 0.29) is 5.97 Å². The number of anilines is 2. The summed E-state index contributed by atoms with van der Waals surface area (Å²) in [5, 5.41) is 1.75. The monoisotopic (exact) mass is 361 g/mol. The van der Waals surface area contributed by atoms with Crippen molar-refractivity contribution in [1.82, 2.24) is 5.06 Å². The molecule has 0 amide bonds. The second-order valence-corrected chi connectivity index (χ2v) is 7.39. The minimum absolute atomic E-state index is 0.241. The molecule has 0 unspecified atom stereocenters. The van der Waals surface area contributed by atoms with Crippen molar-refractivity contribution in [2.45, 2.75) is 45.1 Å². The summed E-state index contributed by atoms with van der Waals surface area (Å²) in [4.78, 5) is 18.5. The lowest BCUT2D eigenvalue weighted by Gasteiger charge is -2.34. The van der Waals surface area contributed by atoms with Gasteiger partial charge in [-0.1, -0.05) is 0 Å². The van der Waals surface area contributed by atoms with Crippen LogP contribution in [0.4, 0.5) is 11.4 Å². The third kappa shape index (κ3) is 5.61. The predicted octanol–water partition coefficient (Wildman–Crippen LogP) is 2.83. The molecule has 6 nitrogen and oxygen atoms in total. The Kier molecular flexibility index (Phi) is 6.74. The van der Waals surface area contributed by atoms with Crippen LogP contribution in [0.15, 0.2) is 24.3 Å². The van der Waals surface area contributed by atoms with Gasteiger partial charge in [0, 0.05) is 51.1 Å². The van der Waals surface area contributed by atoms with Crippen LogP contribution in [-0.2, 0) is 14.4 Å². The summed E-state index contributed by atoms with van der Waals surface area (Å²) in [6.07, 6.45) is 5.75. The number of benzene rings is 1. The van der Waals surface area contributed by atoms with E-state index in [9.17, 15) is 4.79 Å². The molecule has 3 rings (SSSR count). The van der Waals surface area contributed by atoms with Crippen LogP contribution in [-0.4, -0.2) is 49.9 Å². The van der Waals surface area contributed by atoms with E-state index in [1.54, 1.807) is 5.06 Å². The molecule has 2 aliphatic heterocycles. The molecule has 1 aromatic carbocycles. The summed E-state index contributed by atoms with van der Waals surface area (Å²) < 4.78 is 6.07. The number of nitrogen functional groups attached to an aromatic ring is 1. The highest BCUT2D eigenvalue weighted by Gasteiger charge is 2.23. The highest BCUT2D eigenvalue weighted by molar-refractivity contribution is 5.65. The van der Waals surface area contributed by atoms with Gasteiger partial charge in [-0.2, -0.15) is 0 Å². The van der Waals surface area contributed by atoms with Gasteiger partial charge in [-0.25, -0.2) is 0 Å². The molecule has 2 fully saturated rings. The highest BCUT2D eigenvalue weighted by Crippen LogP contribution is 2.26. The van der Waals surface area contributed by atoms with E-state index in [2.05, 4.69) is 17.0 Å². The molecule has 2 aliphatic rings. The molecule has 2 saturated heterocycles. The van der Waals surface area contributed by atoms with Gasteiger partial charge in [0.1, 0.15) is 0 Å². The lowest BCUT2D eigenvalue weighted by atomic mass is 9.93. The van der Waals surface area contributed by atoms with Crippen LogP contribution in [0, 0.1) is 5.92 Å². The van der Waals surface area contributed by atoms with Crippen LogP contribution in [0.1, 0.15) is 39.0 Å². The lowest BCUT2D eigenvalue weighted by Crippen LogP contribution is -2.38. The quantitative estimate of drug-likeness (QED) is 0.786. The molecule has 0 aromatic heterocycles. The van der Waals surface area contributed by atoms with Crippen molar-refractivity contribution < 1.29 is 14.4 Å². The maximum atomic E-state index is 11.0. The molecule has 0 aliphatic carbocycles. The standard InChI is InChI=1S/C20H31N3O3/c1-16(24)26-23-13-8-20(9-14-23)25-15-10-17-6-11-22(12-7-17)19-4-2-18(21)3-5-19/h2-5,17,20H,6-15,21H2,1H3. The summed E-state index contributed by atoms with van der Waals surface area (Å²) in [5.74, 6) is 0.510. The number of hydrogen-bond acceptors (Lipinski definition) is 6. The second kappa shape index (κ2) is 9.24. The third-order valence-electron chi connectivity index (χ3n) is 5.41. The van der Waals surface area contributed by atoms with Crippen LogP contribution in [0.5, 0.6) is 0 Å². The van der Waals surface area contributed by atoms with Crippen LogP contribution < -0.4 is 10.6 Å². The predicted molar refractivity (Wildman–Crippen MR) is 103 cm³/mol. The first-order chi connectivity index (χ1) is 12.6. The Morgan fingerprint density at radius 2 is 1.73 bits per heavy atom. The fraction of sp³-hybridized carbons (Fsp3) is 0.650. The Morgan fingerprint density at radius 3 is 2.35 bits per heavy atom. The second-order valence-electron chi connectivity index (χ2n) is 7.39. The third-order valence-corrected chi connectivity index (χ3v) is 5.41. The van der Waals surface area contributed by atoms with E-state index in [0.717, 1.165) is 63.7 Å². The number of hydrogen-bond donors (Lipinski definition) is 1. The largest absolute Gasteiger partial charge is 0.399 e. The van der Waals surface area contributed by atoms with E-state index in [1.807, 2.05) is 12.1 Å². The SMILES string of the molecule is CC(=O)ON1CCC(OCCC2CCN(c3ccc(N)cc3)CC2)CC1. The fourth-order valence-electron chi connectivity index (χ4n) is 3.84. The van der Waals surface area contributed by atoms with Gasteiger partial charge in [0.2, 0.25) is 0 Å². The fourth-order valence-corrected chi connectivity index (χ4v) is 3.84. The smallest absolute Gasteiger partial charge is 0.322 e. The van der Waals surface area contributed by atoms with E-state index < -0.39 is 0 Å². The highest BCUT2D eigenvalue weighted by atomic mass is 16.7. The average molecular weight is 361 g/mol. The molecule has 0 bridgehead atoms. The molecule has 26 heavy (non-hydrogen) atoms. The summed E-state index contributed by atoms with van der Waals surface area (Å²) in [6.45, 7) is 6.03. The number of carbonyl (C=O) groups excluding carboxylic acids is 1. The Morgan fingerprint density at radius 1 is 1.08 bits per heavy atom. The molecule has 0 saturated carbocycles. The van der Waals surface area contributed by atoms with Crippen molar-refractivity contribution in [3.05, 3.63) is 24.3 Å². The first-order valence-corrected chi connectivity index (χ1v) is 9.76. The molecule has 0 atom stereocenters. The summed E-state index contributed by atoms with van der Waals surface area (Å²) in [7, 11) is 0. The number of nitrogens with two attached hydrogens (primary N) is 1. The summed E-state index contributed by atoms with van der Waals surface area (Å²) in [5.41, 5.74) is 7.86. The molecule has 6 heteroatoms. The van der Waals surface area contributed by atoms with Crippen molar-refractivity contribution >= 4 is 17.3 Å². The Hall–Kier alpha value is -1.79. The number of rotatable bonds is 6. The molecule has 0 radical (unpaired) electrons. The number of piperidine rings is 2. The van der Waals surface area contributed by atoms with Gasteiger partial charge in [0.25, 0.3) is 0 Å². The molecule has 2 heterocycles. The molecular weight excluding hydrogens is 330 g/mol. The van der Waals surface area contributed by atoms with Crippen molar-refractivity contribution in [3.63, 3.8) is 0 Å². The average Bonchev–Trinajstić information content (AvgIpc) is 2.64. The Bertz CT molecular complexity index is 562. The van der Waals surface area contributed by atoms with Gasteiger partial charge in [-0.05, 0) is 62.3 Å². The molecule has 2 N–H and O–H groups in total. The Balaban J connectivity index is 1.30. The van der Waals surface area contributed by atoms with Gasteiger partial charge >= 0.3 is 5.97 Å². The molecule has 1 aromatic rings. The van der Waals surface area contributed by atoms with E-state index in [0.29, 0.717) is 6.10 Å². The van der Waals surface area contributed by atoms with Gasteiger partial charge in [0.05, 0.1) is 6.10 Å². The molecule has 144 valence electrons. The first kappa shape index (κ1) is 19.0. The summed E-state index contributed by atoms with van der Waals surface area (Å²) in [6, 6.07) is 8.17. The van der Waals surface area contributed by atoms with E-state index in [1.165, 1.54) is 25.5 Å². The van der Waals surface area contributed by atoms with Gasteiger partial charge in [-0.15, -0.1) is 5.06 Å². The number of hydroxylamine groups is 2. The van der Waals surface area contributed by atoms with Crippen LogP contribution in [0.2, 0.25) is 0 Å². The zero-order valence-electron chi connectivity index (χ0n) is 15.7. The minimum atomic E-state index is -0.241. The number of ether oxygens (including phenoxy) is 1.